The molecule has 5 N–H and O–H groups in total. The van der Waals surface area contributed by atoms with Crippen LogP contribution in [0.25, 0.3) is 22.0 Å². The summed E-state index contributed by atoms with van der Waals surface area (Å²) in [6, 6.07) is 14.9. The van der Waals surface area contributed by atoms with Crippen LogP contribution in [0.4, 0.5) is 10.1 Å². The fourth-order valence-corrected chi connectivity index (χ4v) is 3.24. The molecule has 0 saturated heterocycles. The fraction of sp³-hybridized carbons (Fsp3) is 0.100. The summed E-state index contributed by atoms with van der Waals surface area (Å²) in [7, 11) is 0. The number of rotatable bonds is 5. The van der Waals surface area contributed by atoms with Crippen molar-refractivity contribution in [3.05, 3.63) is 72.4 Å². The molecule has 4 aromatic rings. The lowest BCUT2D eigenvalue weighted by Gasteiger charge is -2.15. The molecule has 0 saturated carbocycles. The number of aromatic nitrogens is 3. The van der Waals surface area contributed by atoms with Crippen molar-refractivity contribution in [3.63, 3.8) is 0 Å². The average molecular weight is 363 g/mol. The third-order valence-corrected chi connectivity index (χ3v) is 4.61. The Kier molecular flexibility index (Phi) is 4.43. The van der Waals surface area contributed by atoms with Gasteiger partial charge in [-0.15, -0.1) is 0 Å². The molecule has 0 unspecified atom stereocenters. The highest BCUT2D eigenvalue weighted by Crippen LogP contribution is 2.33. The molecule has 2 heterocycles. The molecule has 7 heteroatoms. The second-order valence-corrected chi connectivity index (χ2v) is 6.22. The summed E-state index contributed by atoms with van der Waals surface area (Å²) in [6.07, 6.45) is 3.13. The minimum atomic E-state index is -0.502. The minimum Gasteiger partial charge on any atom is -0.359 e. The molecular formula is C20H18FN5O. The molecule has 2 aromatic heterocycles. The van der Waals surface area contributed by atoms with Gasteiger partial charge in [0, 0.05) is 23.7 Å². The van der Waals surface area contributed by atoms with Crippen LogP contribution in [-0.4, -0.2) is 27.6 Å². The van der Waals surface area contributed by atoms with Gasteiger partial charge in [0.1, 0.15) is 0 Å². The van der Waals surface area contributed by atoms with Crippen molar-refractivity contribution in [2.45, 2.75) is 5.92 Å². The number of anilines is 1. The van der Waals surface area contributed by atoms with E-state index in [2.05, 4.69) is 20.5 Å². The van der Waals surface area contributed by atoms with Gasteiger partial charge in [0.25, 0.3) is 0 Å². The van der Waals surface area contributed by atoms with Gasteiger partial charge in [-0.3, -0.25) is 9.89 Å². The molecule has 1 amide bonds. The van der Waals surface area contributed by atoms with E-state index in [1.54, 1.807) is 12.3 Å². The highest BCUT2D eigenvalue weighted by molar-refractivity contribution is 6.07. The first-order valence-corrected chi connectivity index (χ1v) is 8.54. The number of amides is 1. The van der Waals surface area contributed by atoms with Crippen LogP contribution in [0.2, 0.25) is 0 Å². The number of carbonyl (C=O) groups excluding carboxylic acids is 1. The second-order valence-electron chi connectivity index (χ2n) is 6.22. The summed E-state index contributed by atoms with van der Waals surface area (Å²) in [5.74, 6) is -1.15. The van der Waals surface area contributed by atoms with Gasteiger partial charge in [0.15, 0.2) is 0 Å². The molecule has 0 radical (unpaired) electrons. The summed E-state index contributed by atoms with van der Waals surface area (Å²) in [5, 5.41) is 9.75. The smallest absolute Gasteiger partial charge is 0.233 e. The lowest BCUT2D eigenvalue weighted by Crippen LogP contribution is -2.27. The number of benzene rings is 2. The van der Waals surface area contributed by atoms with Crippen molar-refractivity contribution in [2.75, 3.05) is 11.9 Å². The van der Waals surface area contributed by atoms with Gasteiger partial charge in [0.05, 0.1) is 28.9 Å². The Balaban J connectivity index is 1.68. The highest BCUT2D eigenvalue weighted by Gasteiger charge is 2.20. The van der Waals surface area contributed by atoms with E-state index >= 15 is 0 Å². The van der Waals surface area contributed by atoms with Crippen LogP contribution in [0.1, 0.15) is 11.5 Å². The summed E-state index contributed by atoms with van der Waals surface area (Å²) in [5.41, 5.74) is 9.06. The van der Waals surface area contributed by atoms with Crippen LogP contribution < -0.4 is 11.1 Å². The van der Waals surface area contributed by atoms with Gasteiger partial charge < -0.3 is 16.0 Å². The Morgan fingerprint density at radius 3 is 2.67 bits per heavy atom. The first-order chi connectivity index (χ1) is 13.2. The van der Waals surface area contributed by atoms with Crippen LogP contribution in [0.3, 0.4) is 0 Å². The molecule has 1 atom stereocenters. The van der Waals surface area contributed by atoms with Gasteiger partial charge in [-0.05, 0) is 11.6 Å². The number of hydrogen-bond donors (Lipinski definition) is 4. The summed E-state index contributed by atoms with van der Waals surface area (Å²) in [4.78, 5) is 15.9. The molecule has 6 nitrogen and oxygen atoms in total. The standard InChI is InChI=1S/C20H18FN5O/c21-19-16(11-24-26-19)15-10-23-18-13(15)7-4-8-17(18)25-20(27)14(9-22)12-5-2-1-3-6-12/h1-8,10-11,14,23H,9,22H2,(H,24,26)(H,25,27)/t14-/m1/s1. The van der Waals surface area contributed by atoms with E-state index in [0.29, 0.717) is 22.3 Å². The quantitative estimate of drug-likeness (QED) is 0.437. The largest absolute Gasteiger partial charge is 0.359 e. The fourth-order valence-electron chi connectivity index (χ4n) is 3.24. The third kappa shape index (κ3) is 3.09. The van der Waals surface area contributed by atoms with E-state index in [4.69, 9.17) is 5.73 Å². The Morgan fingerprint density at radius 2 is 1.96 bits per heavy atom. The van der Waals surface area contributed by atoms with Crippen molar-refractivity contribution in [2.24, 2.45) is 5.73 Å². The molecule has 136 valence electrons. The number of nitrogens with two attached hydrogens (primary N) is 1. The topological polar surface area (TPSA) is 99.6 Å². The number of aromatic amines is 2. The maximum absolute atomic E-state index is 13.9. The van der Waals surface area contributed by atoms with Gasteiger partial charge in [-0.1, -0.05) is 42.5 Å². The van der Waals surface area contributed by atoms with E-state index < -0.39 is 11.9 Å². The zero-order valence-corrected chi connectivity index (χ0v) is 14.4. The maximum atomic E-state index is 13.9. The van der Waals surface area contributed by atoms with E-state index in [9.17, 15) is 9.18 Å². The number of nitrogens with zero attached hydrogens (tertiary/aromatic N) is 1. The Bertz CT molecular complexity index is 1090. The molecule has 4 rings (SSSR count). The molecule has 0 aliphatic heterocycles. The van der Waals surface area contributed by atoms with E-state index in [1.165, 1.54) is 6.20 Å². The number of hydrogen-bond acceptors (Lipinski definition) is 3. The number of halogens is 1. The van der Waals surface area contributed by atoms with Crippen LogP contribution in [0.5, 0.6) is 0 Å². The van der Waals surface area contributed by atoms with Crippen LogP contribution >= 0.6 is 0 Å². The molecular weight excluding hydrogens is 345 g/mol. The molecule has 27 heavy (non-hydrogen) atoms. The molecule has 0 fully saturated rings. The van der Waals surface area contributed by atoms with E-state index in [-0.39, 0.29) is 12.5 Å². The van der Waals surface area contributed by atoms with Crippen molar-refractivity contribution >= 4 is 22.5 Å². The molecule has 0 bridgehead atoms. The zero-order valence-electron chi connectivity index (χ0n) is 14.4. The predicted octanol–water partition coefficient (Wildman–Crippen LogP) is 3.38. The van der Waals surface area contributed by atoms with Crippen molar-refractivity contribution in [1.82, 2.24) is 15.2 Å². The number of H-pyrrole nitrogens is 2. The Labute approximate surface area is 154 Å². The Morgan fingerprint density at radius 1 is 1.15 bits per heavy atom. The molecule has 0 spiro atoms. The average Bonchev–Trinajstić information content (AvgIpc) is 3.29. The van der Waals surface area contributed by atoms with Gasteiger partial charge in [-0.25, -0.2) is 0 Å². The first-order valence-electron chi connectivity index (χ1n) is 8.54. The van der Waals surface area contributed by atoms with Crippen molar-refractivity contribution in [1.29, 1.82) is 0 Å². The van der Waals surface area contributed by atoms with Crippen molar-refractivity contribution < 1.29 is 9.18 Å². The van der Waals surface area contributed by atoms with Gasteiger partial charge in [0.2, 0.25) is 11.9 Å². The lowest BCUT2D eigenvalue weighted by atomic mass is 9.98. The van der Waals surface area contributed by atoms with Crippen LogP contribution in [0.15, 0.2) is 60.9 Å². The zero-order chi connectivity index (χ0) is 18.8. The first kappa shape index (κ1) is 17.0. The van der Waals surface area contributed by atoms with Crippen LogP contribution in [-0.2, 0) is 4.79 Å². The van der Waals surface area contributed by atoms with Gasteiger partial charge >= 0.3 is 0 Å². The summed E-state index contributed by atoms with van der Waals surface area (Å²) in [6.45, 7) is 0.196. The number of fused-ring (bicyclic) bond motifs is 1. The monoisotopic (exact) mass is 363 g/mol. The summed E-state index contributed by atoms with van der Waals surface area (Å²) < 4.78 is 13.9. The minimum absolute atomic E-state index is 0.193. The van der Waals surface area contributed by atoms with E-state index in [0.717, 1.165) is 10.9 Å². The second kappa shape index (κ2) is 7.05. The van der Waals surface area contributed by atoms with Crippen molar-refractivity contribution in [3.8, 4) is 11.1 Å². The molecule has 2 aromatic carbocycles. The SMILES string of the molecule is NC[C@@H](C(=O)Nc1cccc2c(-c3cn[nH]c3F)c[nH]c12)c1ccccc1. The van der Waals surface area contributed by atoms with Gasteiger partial charge in [-0.2, -0.15) is 9.49 Å². The molecule has 0 aliphatic rings. The molecule has 0 aliphatic carbocycles. The van der Waals surface area contributed by atoms with Crippen LogP contribution in [0, 0.1) is 5.95 Å². The Hall–Kier alpha value is -3.45. The maximum Gasteiger partial charge on any atom is 0.233 e. The highest BCUT2D eigenvalue weighted by atomic mass is 19.1. The number of para-hydroxylation sites is 1. The number of carbonyl (C=O) groups is 1. The lowest BCUT2D eigenvalue weighted by molar-refractivity contribution is -0.117. The predicted molar refractivity (Wildman–Crippen MR) is 103 cm³/mol. The summed E-state index contributed by atoms with van der Waals surface area (Å²) >= 11 is 0. The normalized spacial score (nSPS) is 12.2. The third-order valence-electron chi connectivity index (χ3n) is 4.61. The number of nitrogens with one attached hydrogen (secondary N) is 3. The van der Waals surface area contributed by atoms with E-state index in [1.807, 2.05) is 42.5 Å².